The molecule has 0 spiro atoms. The molecule has 0 saturated carbocycles. The molecule has 0 aliphatic carbocycles. The van der Waals surface area contributed by atoms with Crippen LogP contribution in [0.1, 0.15) is 110 Å². The van der Waals surface area contributed by atoms with E-state index in [0.29, 0.717) is 6.42 Å². The summed E-state index contributed by atoms with van der Waals surface area (Å²) >= 11 is 0. The summed E-state index contributed by atoms with van der Waals surface area (Å²) in [6.07, 6.45) is 13.8. The molecular weight excluding hydrogens is 648 g/mol. The summed E-state index contributed by atoms with van der Waals surface area (Å²) in [5, 5.41) is 60.7. The van der Waals surface area contributed by atoms with Crippen LogP contribution in [0.3, 0.4) is 0 Å². The molecule has 14 N–H and O–H groups in total. The molecule has 4 atom stereocenters. The topological polar surface area (TPSA) is 299 Å². The van der Waals surface area contributed by atoms with Gasteiger partial charge in [-0.25, -0.2) is 4.57 Å². The summed E-state index contributed by atoms with van der Waals surface area (Å²) in [6, 6.07) is 0. The molecule has 0 saturated heterocycles. The minimum absolute atomic E-state index is 0. The second-order valence-electron chi connectivity index (χ2n) is 9.09. The third-order valence-corrected chi connectivity index (χ3v) is 5.51. The van der Waals surface area contributed by atoms with Gasteiger partial charge in [-0.2, -0.15) is 0 Å². The molecule has 42 heavy (non-hydrogen) atoms. The van der Waals surface area contributed by atoms with Gasteiger partial charge in [0.1, 0.15) is 24.4 Å². The molecule has 0 heterocycles. The Morgan fingerprint density at radius 2 is 0.810 bits per heavy atom. The van der Waals surface area contributed by atoms with Crippen LogP contribution in [0.2, 0.25) is 0 Å². The molecule has 0 fully saturated rings. The maximum Gasteiger partial charge on any atom is 0.316 e. The largest absolute Gasteiger partial charge is 0.316 e. The van der Waals surface area contributed by atoms with Gasteiger partial charge in [0.2, 0.25) is 0 Å². The van der Waals surface area contributed by atoms with Crippen molar-refractivity contribution in [3.8, 4) is 0 Å². The number of rotatable bonds is 21. The Morgan fingerprint density at radius 3 is 1.00 bits per heavy atom. The van der Waals surface area contributed by atoms with E-state index in [1.54, 1.807) is 0 Å². The van der Waals surface area contributed by atoms with Gasteiger partial charge in [-0.05, 0) is 6.42 Å². The van der Waals surface area contributed by atoms with Crippen LogP contribution in [-0.4, -0.2) is 204 Å². The third-order valence-electron chi connectivity index (χ3n) is 5.51. The number of unbranched alkanes of at least 4 members (excludes halogenated alkanes) is 14. The molecule has 18 heteroatoms. The van der Waals surface area contributed by atoms with Crippen molar-refractivity contribution in [2.45, 2.75) is 134 Å². The fraction of sp³-hybridized carbons (Fsp3) is 0.958. The van der Waals surface area contributed by atoms with Crippen molar-refractivity contribution in [2.75, 3.05) is 13.2 Å². The van der Waals surface area contributed by atoms with Crippen LogP contribution < -0.4 is 0 Å². The Hall–Kier alpha value is 2.55. The second-order valence-corrected chi connectivity index (χ2v) is 10.1. The van der Waals surface area contributed by atoms with Crippen LogP contribution in [0.5, 0.6) is 0 Å². The first-order chi connectivity index (χ1) is 17.3. The molecule has 0 amide bonds. The quantitative estimate of drug-likeness (QED) is 0.0334. The zero-order valence-electron chi connectivity index (χ0n) is 23.3. The maximum absolute atomic E-state index is 10.3. The predicted octanol–water partition coefficient (Wildman–Crippen LogP) is -2.58. The summed E-state index contributed by atoms with van der Waals surface area (Å²) in [5.74, 6) is -0.653. The third kappa shape index (κ3) is 58.1. The molecular formula is C24H63Ca2MgO14P. The standard InChI is InChI=1S/C18H36O2.C6H14O6.2Ca.Mg.H3O4P.2H2O.6H/c1-2-3-4-5-6-7-8-9-10-11-12-13-14-15-16-17-18(19)20;7-1-3(9)5(11)6(12)4(10)2-8;;;;1-5(2,3)4;;;;;;;;/h2-17H2,1H3,(H,19,20);3-12H,1-2H2;;;;(H3,1,2,3,4);2*1H2;;;;;;. The maximum atomic E-state index is 10.3. The number of carboxylic acids is 1. The Morgan fingerprint density at radius 1 is 0.595 bits per heavy atom. The minimum atomic E-state index is -4.64. The van der Waals surface area contributed by atoms with Crippen molar-refractivity contribution in [1.29, 1.82) is 0 Å². The van der Waals surface area contributed by atoms with E-state index in [1.165, 1.54) is 83.5 Å². The number of aliphatic hydroxyl groups is 6. The van der Waals surface area contributed by atoms with Gasteiger partial charge in [-0.1, -0.05) is 96.8 Å². The summed E-state index contributed by atoms with van der Waals surface area (Å²) in [7, 11) is -4.64. The molecule has 0 radical (unpaired) electrons. The fourth-order valence-corrected chi connectivity index (χ4v) is 3.32. The average Bonchev–Trinajstić information content (AvgIpc) is 2.83. The van der Waals surface area contributed by atoms with E-state index in [2.05, 4.69) is 6.92 Å². The van der Waals surface area contributed by atoms with Gasteiger partial charge >= 0.3 is 112 Å². The van der Waals surface area contributed by atoms with E-state index in [0.717, 1.165) is 12.8 Å². The first-order valence-electron chi connectivity index (χ1n) is 13.3. The van der Waals surface area contributed by atoms with E-state index in [9.17, 15) is 4.79 Å². The Balaban J connectivity index is -0.0000000758. The zero-order chi connectivity index (χ0) is 29.1. The molecule has 4 unspecified atom stereocenters. The van der Waals surface area contributed by atoms with Crippen LogP contribution in [0, 0.1) is 0 Å². The molecule has 0 bridgehead atoms. The molecule has 0 rings (SSSR count). The number of aliphatic carboxylic acids is 1. The van der Waals surface area contributed by atoms with E-state index in [-0.39, 0.29) is 109 Å². The van der Waals surface area contributed by atoms with Crippen LogP contribution in [-0.2, 0) is 9.36 Å². The second kappa shape index (κ2) is 45.7. The molecule has 254 valence electrons. The number of hydrogen-bond donors (Lipinski definition) is 10. The molecule has 0 aliphatic heterocycles. The van der Waals surface area contributed by atoms with E-state index in [1.807, 2.05) is 0 Å². The van der Waals surface area contributed by atoms with Crippen molar-refractivity contribution >= 4 is 112 Å². The van der Waals surface area contributed by atoms with Gasteiger partial charge in [0.15, 0.2) is 0 Å². The Bertz CT molecular complexity index is 531. The SMILES string of the molecule is CCCCCCCCCCCCCCCCCC(=O)O.O.O.O=P(O)(O)O.OCC(O)C(O)C(O)C(O)CO.[CaH2].[CaH2].[MgH2]. The molecule has 0 aromatic rings. The van der Waals surface area contributed by atoms with Gasteiger partial charge < -0.3 is 61.4 Å². The van der Waals surface area contributed by atoms with Gasteiger partial charge in [0, 0.05) is 6.42 Å². The van der Waals surface area contributed by atoms with Crippen molar-refractivity contribution < 1.29 is 70.7 Å². The summed E-state index contributed by atoms with van der Waals surface area (Å²) in [5.41, 5.74) is 0. The van der Waals surface area contributed by atoms with E-state index < -0.39 is 51.4 Å². The summed E-state index contributed by atoms with van der Waals surface area (Å²) in [6.45, 7) is 0.818. The number of aliphatic hydroxyl groups excluding tert-OH is 6. The summed E-state index contributed by atoms with van der Waals surface area (Å²) in [4.78, 5) is 31.9. The number of carbonyl (C=O) groups is 1. The van der Waals surface area contributed by atoms with E-state index in [4.69, 9.17) is 55.0 Å². The fourth-order valence-electron chi connectivity index (χ4n) is 3.32. The van der Waals surface area contributed by atoms with E-state index >= 15 is 0 Å². The number of hydrogen-bond acceptors (Lipinski definition) is 8. The van der Waals surface area contributed by atoms with Gasteiger partial charge in [-0.3, -0.25) is 4.79 Å². The predicted molar refractivity (Wildman–Crippen MR) is 173 cm³/mol. The molecule has 0 aromatic heterocycles. The normalized spacial score (nSPS) is 12.7. The first-order valence-corrected chi connectivity index (χ1v) is 14.8. The van der Waals surface area contributed by atoms with Crippen molar-refractivity contribution in [3.05, 3.63) is 0 Å². The van der Waals surface area contributed by atoms with Crippen molar-refractivity contribution in [2.24, 2.45) is 0 Å². The van der Waals surface area contributed by atoms with Crippen molar-refractivity contribution in [3.63, 3.8) is 0 Å². The van der Waals surface area contributed by atoms with Crippen LogP contribution in [0.25, 0.3) is 0 Å². The monoisotopic (exact) mass is 710 g/mol. The average molecular weight is 711 g/mol. The van der Waals surface area contributed by atoms with Gasteiger partial charge in [-0.15, -0.1) is 0 Å². The molecule has 0 aromatic carbocycles. The first kappa shape index (κ1) is 63.2. The Kier molecular flexibility index (Phi) is 68.8. The summed E-state index contributed by atoms with van der Waals surface area (Å²) < 4.78 is 8.88. The van der Waals surface area contributed by atoms with Crippen LogP contribution >= 0.6 is 7.82 Å². The Labute approximate surface area is 326 Å². The van der Waals surface area contributed by atoms with Gasteiger partial charge in [0.25, 0.3) is 0 Å². The molecule has 14 nitrogen and oxygen atoms in total. The van der Waals surface area contributed by atoms with Crippen molar-refractivity contribution in [1.82, 2.24) is 0 Å². The molecule has 0 aliphatic rings. The van der Waals surface area contributed by atoms with Crippen LogP contribution in [0.15, 0.2) is 0 Å². The van der Waals surface area contributed by atoms with Crippen LogP contribution in [0.4, 0.5) is 0 Å². The minimum Gasteiger partial charge on any atom is 0.316 e. The zero-order valence-corrected chi connectivity index (χ0v) is 24.2. The smallest absolute Gasteiger partial charge is 0.316 e. The van der Waals surface area contributed by atoms with Gasteiger partial charge in [0.05, 0.1) is 13.2 Å². The number of phosphoric acid groups is 1. The number of carboxylic acid groups (broad SMARTS) is 1.